The van der Waals surface area contributed by atoms with Crippen molar-refractivity contribution in [1.29, 1.82) is 0 Å². The number of aryl methyl sites for hydroxylation is 1. The molecule has 0 aliphatic heterocycles. The number of furan rings is 1. The molecular weight excluding hydrogens is 430 g/mol. The predicted molar refractivity (Wildman–Crippen MR) is 131 cm³/mol. The molecule has 3 aromatic rings. The van der Waals surface area contributed by atoms with Gasteiger partial charge in [0.25, 0.3) is 5.91 Å². The summed E-state index contributed by atoms with van der Waals surface area (Å²) in [5.41, 5.74) is 1.55. The van der Waals surface area contributed by atoms with Gasteiger partial charge >= 0.3 is 0 Å². The van der Waals surface area contributed by atoms with Crippen molar-refractivity contribution in [3.63, 3.8) is 0 Å². The fourth-order valence-corrected chi connectivity index (χ4v) is 3.68. The summed E-state index contributed by atoms with van der Waals surface area (Å²) < 4.78 is 13.2. The number of nitrogens with zero attached hydrogens (tertiary/aromatic N) is 3. The maximum Gasteiger partial charge on any atom is 0.254 e. The maximum absolute atomic E-state index is 13.4. The third-order valence-electron chi connectivity index (χ3n) is 5.66. The van der Waals surface area contributed by atoms with E-state index < -0.39 is 0 Å². The number of carbonyl (C=O) groups is 2. The summed E-state index contributed by atoms with van der Waals surface area (Å²) in [6.07, 6.45) is 6.37. The van der Waals surface area contributed by atoms with Crippen LogP contribution in [0, 0.1) is 0 Å². The van der Waals surface area contributed by atoms with Crippen molar-refractivity contribution < 1.29 is 18.7 Å². The van der Waals surface area contributed by atoms with Crippen LogP contribution in [0.1, 0.15) is 54.9 Å². The molecule has 0 saturated carbocycles. The topological polar surface area (TPSA) is 67.9 Å². The van der Waals surface area contributed by atoms with E-state index in [4.69, 9.17) is 9.15 Å². The van der Waals surface area contributed by atoms with E-state index in [0.717, 1.165) is 30.7 Å². The molecule has 2 amide bonds. The van der Waals surface area contributed by atoms with Gasteiger partial charge in [-0.1, -0.05) is 20.3 Å². The van der Waals surface area contributed by atoms with Crippen molar-refractivity contribution in [3.8, 4) is 5.75 Å². The molecule has 0 aliphatic rings. The number of hydrogen-bond donors (Lipinski definition) is 0. The zero-order chi connectivity index (χ0) is 24.3. The summed E-state index contributed by atoms with van der Waals surface area (Å²) in [7, 11) is 1.95. The zero-order valence-electron chi connectivity index (χ0n) is 20.4. The Morgan fingerprint density at radius 2 is 1.76 bits per heavy atom. The van der Waals surface area contributed by atoms with Crippen molar-refractivity contribution >= 4 is 11.8 Å². The predicted octanol–water partition coefficient (Wildman–Crippen LogP) is 4.88. The molecule has 0 atom stereocenters. The highest BCUT2D eigenvalue weighted by molar-refractivity contribution is 5.96. The second-order valence-electron chi connectivity index (χ2n) is 8.39. The lowest BCUT2D eigenvalue weighted by molar-refractivity contribution is -0.133. The fraction of sp³-hybridized carbons (Fsp3) is 0.407. The molecule has 1 aromatic carbocycles. The highest BCUT2D eigenvalue weighted by Gasteiger charge is 2.23. The van der Waals surface area contributed by atoms with Gasteiger partial charge in [-0.25, -0.2) is 0 Å². The Bertz CT molecular complexity index is 1020. The summed E-state index contributed by atoms with van der Waals surface area (Å²) in [6.45, 7) is 6.05. The summed E-state index contributed by atoms with van der Waals surface area (Å²) in [5.74, 6) is 1.16. The number of benzene rings is 1. The molecule has 0 saturated heterocycles. The summed E-state index contributed by atoms with van der Waals surface area (Å²) >= 11 is 0. The van der Waals surface area contributed by atoms with Crippen LogP contribution in [0.2, 0.25) is 0 Å². The summed E-state index contributed by atoms with van der Waals surface area (Å²) in [4.78, 5) is 30.0. The van der Waals surface area contributed by atoms with Gasteiger partial charge in [0.15, 0.2) is 0 Å². The van der Waals surface area contributed by atoms with Gasteiger partial charge in [-0.3, -0.25) is 9.59 Å². The largest absolute Gasteiger partial charge is 0.494 e. The Morgan fingerprint density at radius 1 is 0.971 bits per heavy atom. The molecule has 0 aliphatic carbocycles. The molecule has 0 unspecified atom stereocenters. The standard InChI is InChI=1S/C27H35N3O4/c1-4-6-17-33-24-13-11-22(12-14-24)27(32)29(15-5-2)21-26(31)30(20-25-10-8-18-34-25)19-23-9-7-16-28(23)3/h7-14,16,18H,4-6,15,17,19-21H2,1-3H3. The van der Waals surface area contributed by atoms with E-state index in [0.29, 0.717) is 37.6 Å². The molecule has 182 valence electrons. The Labute approximate surface area is 201 Å². The Balaban J connectivity index is 1.71. The van der Waals surface area contributed by atoms with Gasteiger partial charge in [-0.2, -0.15) is 0 Å². The van der Waals surface area contributed by atoms with Crippen LogP contribution < -0.4 is 4.74 Å². The third-order valence-corrected chi connectivity index (χ3v) is 5.66. The molecule has 2 aromatic heterocycles. The summed E-state index contributed by atoms with van der Waals surface area (Å²) in [6, 6.07) is 14.8. The van der Waals surface area contributed by atoms with Gasteiger partial charge in [-0.05, 0) is 61.4 Å². The maximum atomic E-state index is 13.4. The molecular formula is C27H35N3O4. The first-order valence-corrected chi connectivity index (χ1v) is 11.9. The van der Waals surface area contributed by atoms with Crippen LogP contribution in [-0.4, -0.2) is 45.9 Å². The van der Waals surface area contributed by atoms with Crippen LogP contribution >= 0.6 is 0 Å². The van der Waals surface area contributed by atoms with E-state index in [9.17, 15) is 9.59 Å². The quantitative estimate of drug-likeness (QED) is 0.338. The molecule has 34 heavy (non-hydrogen) atoms. The third kappa shape index (κ3) is 7.01. The SMILES string of the molecule is CCCCOc1ccc(C(=O)N(CCC)CC(=O)N(Cc2ccco2)Cc2cccn2C)cc1. The first-order chi connectivity index (χ1) is 16.5. The Kier molecular flexibility index (Phi) is 9.38. The van der Waals surface area contributed by atoms with Gasteiger partial charge in [0.05, 0.1) is 26.0 Å². The highest BCUT2D eigenvalue weighted by atomic mass is 16.5. The molecule has 0 fully saturated rings. The molecule has 0 N–H and O–H groups in total. The van der Waals surface area contributed by atoms with Crippen molar-refractivity contribution in [3.05, 3.63) is 78.0 Å². The van der Waals surface area contributed by atoms with Crippen molar-refractivity contribution in [2.24, 2.45) is 7.05 Å². The van der Waals surface area contributed by atoms with Gasteiger partial charge in [0, 0.05) is 31.0 Å². The second-order valence-corrected chi connectivity index (χ2v) is 8.39. The van der Waals surface area contributed by atoms with Gasteiger partial charge in [0.2, 0.25) is 5.91 Å². The number of carbonyl (C=O) groups excluding carboxylic acids is 2. The van der Waals surface area contributed by atoms with E-state index in [1.165, 1.54) is 0 Å². The zero-order valence-corrected chi connectivity index (χ0v) is 20.4. The van der Waals surface area contributed by atoms with Gasteiger partial charge in [0.1, 0.15) is 18.1 Å². The lowest BCUT2D eigenvalue weighted by Gasteiger charge is -2.27. The summed E-state index contributed by atoms with van der Waals surface area (Å²) in [5, 5.41) is 0. The van der Waals surface area contributed by atoms with E-state index in [1.807, 2.05) is 61.1 Å². The smallest absolute Gasteiger partial charge is 0.254 e. The highest BCUT2D eigenvalue weighted by Crippen LogP contribution is 2.16. The van der Waals surface area contributed by atoms with Crippen molar-refractivity contribution in [1.82, 2.24) is 14.4 Å². The molecule has 7 heteroatoms. The Morgan fingerprint density at radius 3 is 2.38 bits per heavy atom. The monoisotopic (exact) mass is 465 g/mol. The average Bonchev–Trinajstić information content (AvgIpc) is 3.50. The molecule has 7 nitrogen and oxygen atoms in total. The molecule has 0 spiro atoms. The average molecular weight is 466 g/mol. The molecule has 0 radical (unpaired) electrons. The molecule has 2 heterocycles. The minimum absolute atomic E-state index is 0.00650. The van der Waals surface area contributed by atoms with Crippen LogP contribution in [0.3, 0.4) is 0 Å². The van der Waals surface area contributed by atoms with E-state index in [2.05, 4.69) is 6.92 Å². The molecule has 3 rings (SSSR count). The number of rotatable bonds is 13. The minimum atomic E-state index is -0.160. The lowest BCUT2D eigenvalue weighted by Crippen LogP contribution is -2.43. The number of aromatic nitrogens is 1. The van der Waals surface area contributed by atoms with Crippen LogP contribution in [-0.2, 0) is 24.9 Å². The first kappa shape index (κ1) is 25.1. The number of unbranched alkanes of at least 4 members (excludes halogenated alkanes) is 1. The van der Waals surface area contributed by atoms with Crippen LogP contribution in [0.25, 0.3) is 0 Å². The Hall–Kier alpha value is -3.48. The first-order valence-electron chi connectivity index (χ1n) is 11.9. The number of hydrogen-bond acceptors (Lipinski definition) is 4. The minimum Gasteiger partial charge on any atom is -0.494 e. The lowest BCUT2D eigenvalue weighted by atomic mass is 10.1. The van der Waals surface area contributed by atoms with Crippen LogP contribution in [0.5, 0.6) is 5.75 Å². The van der Waals surface area contributed by atoms with Crippen molar-refractivity contribution in [2.45, 2.75) is 46.2 Å². The van der Waals surface area contributed by atoms with E-state index in [1.54, 1.807) is 28.2 Å². The van der Waals surface area contributed by atoms with Crippen LogP contribution in [0.4, 0.5) is 0 Å². The normalized spacial score (nSPS) is 10.8. The number of amides is 2. The van der Waals surface area contributed by atoms with E-state index >= 15 is 0 Å². The van der Waals surface area contributed by atoms with E-state index in [-0.39, 0.29) is 18.4 Å². The van der Waals surface area contributed by atoms with Crippen LogP contribution in [0.15, 0.2) is 65.4 Å². The molecule has 0 bridgehead atoms. The van der Waals surface area contributed by atoms with Gasteiger partial charge < -0.3 is 23.5 Å². The van der Waals surface area contributed by atoms with Gasteiger partial charge in [-0.15, -0.1) is 0 Å². The number of ether oxygens (including phenoxy) is 1. The van der Waals surface area contributed by atoms with Crippen molar-refractivity contribution in [2.75, 3.05) is 19.7 Å². The fourth-order valence-electron chi connectivity index (χ4n) is 3.68. The second kappa shape index (κ2) is 12.7.